The second-order valence-corrected chi connectivity index (χ2v) is 6.90. The molecule has 2 aromatic heterocycles. The van der Waals surface area contributed by atoms with Crippen LogP contribution >= 0.6 is 11.6 Å². The van der Waals surface area contributed by atoms with Crippen LogP contribution in [0.3, 0.4) is 0 Å². The smallest absolute Gasteiger partial charge is 0.242 e. The molecule has 0 radical (unpaired) electrons. The van der Waals surface area contributed by atoms with Gasteiger partial charge in [0.1, 0.15) is 12.1 Å². The Kier molecular flexibility index (Phi) is 5.24. The highest BCUT2D eigenvalue weighted by molar-refractivity contribution is 6.30. The summed E-state index contributed by atoms with van der Waals surface area (Å²) in [5, 5.41) is 4.64. The van der Waals surface area contributed by atoms with Crippen molar-refractivity contribution in [3.63, 3.8) is 0 Å². The largest absolute Gasteiger partial charge is 0.383 e. The van der Waals surface area contributed by atoms with Gasteiger partial charge in [-0.05, 0) is 23.3 Å². The molecule has 8 heteroatoms. The van der Waals surface area contributed by atoms with Crippen LogP contribution in [0.25, 0.3) is 22.4 Å². The molecule has 0 fully saturated rings. The lowest BCUT2D eigenvalue weighted by Gasteiger charge is -2.15. The fraction of sp³-hybridized carbons (Fsp3) is 0.0952. The van der Waals surface area contributed by atoms with E-state index in [-0.39, 0.29) is 24.0 Å². The van der Waals surface area contributed by atoms with Gasteiger partial charge in [0.25, 0.3) is 0 Å². The van der Waals surface area contributed by atoms with E-state index >= 15 is 0 Å². The van der Waals surface area contributed by atoms with Crippen LogP contribution in [0, 0.1) is 5.95 Å². The summed E-state index contributed by atoms with van der Waals surface area (Å²) < 4.78 is 16.4. The Morgan fingerprint density at radius 3 is 2.45 bits per heavy atom. The molecule has 0 aliphatic heterocycles. The van der Waals surface area contributed by atoms with E-state index in [9.17, 15) is 4.39 Å². The van der Waals surface area contributed by atoms with Gasteiger partial charge in [-0.25, -0.2) is 9.97 Å². The molecule has 2 heterocycles. The average molecular weight is 409 g/mol. The number of nitrogen functional groups attached to an aromatic ring is 1. The number of rotatable bonds is 5. The first kappa shape index (κ1) is 19.0. The van der Waals surface area contributed by atoms with Crippen LogP contribution < -0.4 is 11.5 Å². The van der Waals surface area contributed by atoms with E-state index < -0.39 is 5.95 Å². The van der Waals surface area contributed by atoms with Crippen molar-refractivity contribution in [2.24, 2.45) is 5.73 Å². The maximum absolute atomic E-state index is 14.9. The van der Waals surface area contributed by atoms with Gasteiger partial charge in [0.15, 0.2) is 0 Å². The number of hydrogen-bond donors (Lipinski definition) is 2. The van der Waals surface area contributed by atoms with Crippen molar-refractivity contribution in [3.8, 4) is 22.4 Å². The Morgan fingerprint density at radius 2 is 1.76 bits per heavy atom. The lowest BCUT2D eigenvalue weighted by molar-refractivity contribution is 0.483. The zero-order valence-electron chi connectivity index (χ0n) is 15.3. The quantitative estimate of drug-likeness (QED) is 0.521. The van der Waals surface area contributed by atoms with Crippen molar-refractivity contribution in [3.05, 3.63) is 83.7 Å². The van der Waals surface area contributed by atoms with E-state index in [1.54, 1.807) is 30.5 Å². The Labute approximate surface area is 172 Å². The van der Waals surface area contributed by atoms with E-state index in [1.807, 2.05) is 30.3 Å². The molecule has 4 N–H and O–H groups in total. The molecule has 0 aliphatic carbocycles. The Balaban J connectivity index is 1.83. The zero-order chi connectivity index (χ0) is 20.4. The summed E-state index contributed by atoms with van der Waals surface area (Å²) in [4.78, 5) is 8.36. The number of benzene rings is 2. The maximum Gasteiger partial charge on any atom is 0.242 e. The third kappa shape index (κ3) is 3.70. The molecule has 1 atom stereocenters. The Bertz CT molecular complexity index is 1130. The number of hydrogen-bond acceptors (Lipinski definition) is 5. The minimum Gasteiger partial charge on any atom is -0.383 e. The molecule has 2 aromatic carbocycles. The van der Waals surface area contributed by atoms with Crippen LogP contribution in [-0.4, -0.2) is 26.3 Å². The second kappa shape index (κ2) is 7.98. The first-order chi connectivity index (χ1) is 14.1. The molecule has 0 bridgehead atoms. The van der Waals surface area contributed by atoms with Gasteiger partial charge in [-0.3, -0.25) is 4.68 Å². The zero-order valence-corrected chi connectivity index (χ0v) is 16.1. The molecule has 0 spiro atoms. The molecule has 0 saturated heterocycles. The molecular weight excluding hydrogens is 391 g/mol. The van der Waals surface area contributed by atoms with Gasteiger partial charge < -0.3 is 11.5 Å². The SMILES string of the molecule is NCC(c1ccccc1)n1cc(-c2ncnc(N)c2-c2ccc(Cl)cc2)c(F)n1. The summed E-state index contributed by atoms with van der Waals surface area (Å²) in [7, 11) is 0. The van der Waals surface area contributed by atoms with Crippen molar-refractivity contribution in [2.45, 2.75) is 6.04 Å². The molecular formula is C21H18ClFN6. The van der Waals surface area contributed by atoms with Gasteiger partial charge in [-0.2, -0.15) is 4.39 Å². The van der Waals surface area contributed by atoms with E-state index in [0.29, 0.717) is 16.3 Å². The van der Waals surface area contributed by atoms with Gasteiger partial charge in [0, 0.05) is 17.8 Å². The van der Waals surface area contributed by atoms with E-state index in [2.05, 4.69) is 15.1 Å². The molecule has 0 saturated carbocycles. The van der Waals surface area contributed by atoms with Gasteiger partial charge in [0.05, 0.1) is 22.9 Å². The Morgan fingerprint density at radius 1 is 1.03 bits per heavy atom. The predicted octanol–water partition coefficient (Wildman–Crippen LogP) is 3.93. The summed E-state index contributed by atoms with van der Waals surface area (Å²) in [5.74, 6) is -0.421. The standard InChI is InChI=1S/C21H18ClFN6/c22-15-8-6-14(7-9-15)18-19(26-12-27-21(18)25)16-11-29(28-20(16)23)17(10-24)13-4-2-1-3-5-13/h1-9,11-12,17H,10,24H2,(H2,25,26,27). The highest BCUT2D eigenvalue weighted by Gasteiger charge is 2.22. The van der Waals surface area contributed by atoms with Crippen LogP contribution in [0.5, 0.6) is 0 Å². The van der Waals surface area contributed by atoms with Crippen LogP contribution in [0.15, 0.2) is 67.1 Å². The number of halogens is 2. The highest BCUT2D eigenvalue weighted by atomic mass is 35.5. The number of nitrogens with two attached hydrogens (primary N) is 2. The normalized spacial score (nSPS) is 12.1. The van der Waals surface area contributed by atoms with Crippen molar-refractivity contribution < 1.29 is 4.39 Å². The molecule has 4 rings (SSSR count). The third-order valence-electron chi connectivity index (χ3n) is 4.68. The Hall–Kier alpha value is -3.29. The fourth-order valence-electron chi connectivity index (χ4n) is 3.26. The number of nitrogens with zero attached hydrogens (tertiary/aromatic N) is 4. The molecule has 4 aromatic rings. The molecule has 0 aliphatic rings. The molecule has 6 nitrogen and oxygen atoms in total. The molecule has 146 valence electrons. The van der Waals surface area contributed by atoms with Crippen LogP contribution in [0.1, 0.15) is 11.6 Å². The topological polar surface area (TPSA) is 95.6 Å². The highest BCUT2D eigenvalue weighted by Crippen LogP contribution is 2.35. The minimum absolute atomic E-state index is 0.221. The van der Waals surface area contributed by atoms with Gasteiger partial charge >= 0.3 is 0 Å². The van der Waals surface area contributed by atoms with Crippen LogP contribution in [0.2, 0.25) is 5.02 Å². The summed E-state index contributed by atoms with van der Waals surface area (Å²) in [6, 6.07) is 16.3. The van der Waals surface area contributed by atoms with E-state index in [1.165, 1.54) is 11.0 Å². The van der Waals surface area contributed by atoms with E-state index in [0.717, 1.165) is 11.1 Å². The maximum atomic E-state index is 14.9. The summed E-state index contributed by atoms with van der Waals surface area (Å²) in [6.45, 7) is 0.264. The number of anilines is 1. The molecule has 0 amide bonds. The second-order valence-electron chi connectivity index (χ2n) is 6.47. The first-order valence-corrected chi connectivity index (χ1v) is 9.32. The van der Waals surface area contributed by atoms with Crippen molar-refractivity contribution in [2.75, 3.05) is 12.3 Å². The summed E-state index contributed by atoms with van der Waals surface area (Å²) >= 11 is 5.99. The molecule has 1 unspecified atom stereocenters. The fourth-order valence-corrected chi connectivity index (χ4v) is 3.39. The van der Waals surface area contributed by atoms with E-state index in [4.69, 9.17) is 23.1 Å². The molecule has 29 heavy (non-hydrogen) atoms. The van der Waals surface area contributed by atoms with Crippen LogP contribution in [-0.2, 0) is 0 Å². The van der Waals surface area contributed by atoms with Crippen molar-refractivity contribution in [1.29, 1.82) is 0 Å². The number of aromatic nitrogens is 4. The minimum atomic E-state index is -0.660. The lowest BCUT2D eigenvalue weighted by atomic mass is 10.0. The van der Waals surface area contributed by atoms with Crippen molar-refractivity contribution >= 4 is 17.4 Å². The lowest BCUT2D eigenvalue weighted by Crippen LogP contribution is -2.21. The first-order valence-electron chi connectivity index (χ1n) is 8.95. The average Bonchev–Trinajstić information content (AvgIpc) is 3.11. The van der Waals surface area contributed by atoms with Crippen LogP contribution in [0.4, 0.5) is 10.2 Å². The monoisotopic (exact) mass is 408 g/mol. The third-order valence-corrected chi connectivity index (χ3v) is 4.93. The predicted molar refractivity (Wildman–Crippen MR) is 112 cm³/mol. The summed E-state index contributed by atoms with van der Waals surface area (Å²) in [6.07, 6.45) is 2.90. The summed E-state index contributed by atoms with van der Waals surface area (Å²) in [5.41, 5.74) is 14.8. The van der Waals surface area contributed by atoms with Gasteiger partial charge in [-0.1, -0.05) is 54.1 Å². The van der Waals surface area contributed by atoms with Gasteiger partial charge in [0.2, 0.25) is 5.95 Å². The van der Waals surface area contributed by atoms with Gasteiger partial charge in [-0.15, -0.1) is 5.10 Å². The van der Waals surface area contributed by atoms with Crippen molar-refractivity contribution in [1.82, 2.24) is 19.7 Å².